The number of benzene rings is 1. The highest BCUT2D eigenvalue weighted by Gasteiger charge is 2.18. The molecule has 6 heteroatoms. The van der Waals surface area contributed by atoms with Gasteiger partial charge in [-0.2, -0.15) is 0 Å². The van der Waals surface area contributed by atoms with Gasteiger partial charge in [0.25, 0.3) is 0 Å². The molecular weight excluding hydrogens is 370 g/mol. The molecule has 1 N–H and O–H groups in total. The second-order valence-corrected chi connectivity index (χ2v) is 7.92. The van der Waals surface area contributed by atoms with Crippen LogP contribution in [0.5, 0.6) is 5.75 Å². The van der Waals surface area contributed by atoms with Gasteiger partial charge >= 0.3 is 0 Å². The molecule has 1 atom stereocenters. The van der Waals surface area contributed by atoms with Crippen LogP contribution in [0.1, 0.15) is 31.9 Å². The molecule has 0 unspecified atom stereocenters. The van der Waals surface area contributed by atoms with E-state index in [-0.39, 0.29) is 0 Å². The number of ether oxygens (including phenoxy) is 1. The van der Waals surface area contributed by atoms with E-state index in [1.54, 1.807) is 13.4 Å². The number of para-hydroxylation sites is 2. The first-order valence-electron chi connectivity index (χ1n) is 10.1. The molecule has 0 amide bonds. The second-order valence-electron chi connectivity index (χ2n) is 7.53. The molecule has 2 heterocycles. The van der Waals surface area contributed by atoms with E-state index in [9.17, 15) is 0 Å². The molecule has 0 aliphatic carbocycles. The Labute approximate surface area is 173 Å². The Balaban J connectivity index is 1.60. The van der Waals surface area contributed by atoms with E-state index in [0.29, 0.717) is 11.7 Å². The topological polar surface area (TPSA) is 40.9 Å². The van der Waals surface area contributed by atoms with Gasteiger partial charge in [0.05, 0.1) is 25.6 Å². The minimum absolute atomic E-state index is 0.657. The standard InChI is InChI=1S/C22H31N3O2S/c1-18-8-5-12-24(16-18)13-7-14-25(17-19-9-6-15-27-19)22(28)23-20-10-3-4-11-21(20)26-2/h3-4,6,9-11,15,18H,5,7-8,12-14,16-17H2,1-2H3,(H,23,28)/t18-/m1/s1. The Kier molecular flexibility index (Phi) is 7.74. The van der Waals surface area contributed by atoms with E-state index in [1.807, 2.05) is 36.4 Å². The van der Waals surface area contributed by atoms with Crippen LogP contribution in [0, 0.1) is 5.92 Å². The van der Waals surface area contributed by atoms with Gasteiger partial charge in [0.1, 0.15) is 11.5 Å². The molecule has 0 bridgehead atoms. The first-order valence-corrected chi connectivity index (χ1v) is 10.5. The lowest BCUT2D eigenvalue weighted by molar-refractivity contribution is 0.177. The van der Waals surface area contributed by atoms with Crippen molar-refractivity contribution in [2.75, 3.05) is 38.6 Å². The highest BCUT2D eigenvalue weighted by atomic mass is 32.1. The molecule has 3 rings (SSSR count). The van der Waals surface area contributed by atoms with E-state index in [0.717, 1.165) is 42.6 Å². The van der Waals surface area contributed by atoms with Gasteiger partial charge in [0.2, 0.25) is 0 Å². The summed E-state index contributed by atoms with van der Waals surface area (Å²) >= 11 is 5.73. The van der Waals surface area contributed by atoms with Crippen LogP contribution in [-0.4, -0.2) is 48.2 Å². The van der Waals surface area contributed by atoms with E-state index < -0.39 is 0 Å². The van der Waals surface area contributed by atoms with Crippen molar-refractivity contribution in [1.29, 1.82) is 0 Å². The van der Waals surface area contributed by atoms with Gasteiger partial charge in [-0.05, 0) is 74.8 Å². The van der Waals surface area contributed by atoms with Gasteiger partial charge in [-0.1, -0.05) is 19.1 Å². The fraction of sp³-hybridized carbons (Fsp3) is 0.500. The number of anilines is 1. The third-order valence-corrected chi connectivity index (χ3v) is 5.57. The molecule has 1 saturated heterocycles. The average molecular weight is 402 g/mol. The summed E-state index contributed by atoms with van der Waals surface area (Å²) in [7, 11) is 1.67. The fourth-order valence-corrected chi connectivity index (χ4v) is 4.03. The van der Waals surface area contributed by atoms with Crippen LogP contribution in [0.2, 0.25) is 0 Å². The lowest BCUT2D eigenvalue weighted by Crippen LogP contribution is -2.39. The monoisotopic (exact) mass is 401 g/mol. The number of methoxy groups -OCH3 is 1. The lowest BCUT2D eigenvalue weighted by Gasteiger charge is -2.32. The molecule has 1 aromatic carbocycles. The number of likely N-dealkylation sites (tertiary alicyclic amines) is 1. The Morgan fingerprint density at radius 3 is 2.93 bits per heavy atom. The number of hydrogen-bond donors (Lipinski definition) is 1. The summed E-state index contributed by atoms with van der Waals surface area (Å²) in [6.07, 6.45) is 5.44. The van der Waals surface area contributed by atoms with Gasteiger partial charge in [0.15, 0.2) is 5.11 Å². The summed E-state index contributed by atoms with van der Waals surface area (Å²) in [4.78, 5) is 4.75. The van der Waals surface area contributed by atoms with E-state index in [1.165, 1.54) is 25.9 Å². The third kappa shape index (κ3) is 5.97. The van der Waals surface area contributed by atoms with Crippen molar-refractivity contribution in [3.63, 3.8) is 0 Å². The molecule has 1 aromatic heterocycles. The molecular formula is C22H31N3O2S. The molecule has 0 spiro atoms. The van der Waals surface area contributed by atoms with Gasteiger partial charge in [-0.25, -0.2) is 0 Å². The van der Waals surface area contributed by atoms with Gasteiger partial charge in [-0.15, -0.1) is 0 Å². The SMILES string of the molecule is COc1ccccc1NC(=S)N(CCCN1CCC[C@@H](C)C1)Cc1ccco1. The van der Waals surface area contributed by atoms with Crippen molar-refractivity contribution >= 4 is 23.0 Å². The Morgan fingerprint density at radius 1 is 1.32 bits per heavy atom. The minimum Gasteiger partial charge on any atom is -0.495 e. The lowest BCUT2D eigenvalue weighted by atomic mass is 10.0. The third-order valence-electron chi connectivity index (χ3n) is 5.21. The van der Waals surface area contributed by atoms with Crippen LogP contribution in [0.4, 0.5) is 5.69 Å². The van der Waals surface area contributed by atoms with Crippen LogP contribution in [0.25, 0.3) is 0 Å². The first kappa shape index (κ1) is 20.7. The number of furan rings is 1. The fourth-order valence-electron chi connectivity index (χ4n) is 3.76. The summed E-state index contributed by atoms with van der Waals surface area (Å²) in [5.74, 6) is 2.50. The second kappa shape index (κ2) is 10.5. The number of rotatable bonds is 8. The molecule has 152 valence electrons. The van der Waals surface area contributed by atoms with E-state index >= 15 is 0 Å². The molecule has 5 nitrogen and oxygen atoms in total. The van der Waals surface area contributed by atoms with Crippen LogP contribution in [0.15, 0.2) is 47.1 Å². The van der Waals surface area contributed by atoms with Gasteiger partial charge in [0, 0.05) is 13.1 Å². The molecule has 1 fully saturated rings. The number of piperidine rings is 1. The maximum Gasteiger partial charge on any atom is 0.173 e. The van der Waals surface area contributed by atoms with E-state index in [2.05, 4.69) is 22.0 Å². The smallest absolute Gasteiger partial charge is 0.173 e. The van der Waals surface area contributed by atoms with Crippen LogP contribution in [0.3, 0.4) is 0 Å². The summed E-state index contributed by atoms with van der Waals surface area (Å²) < 4.78 is 11.0. The summed E-state index contributed by atoms with van der Waals surface area (Å²) in [6.45, 7) is 7.42. The number of thiocarbonyl (C=S) groups is 1. The zero-order valence-corrected chi connectivity index (χ0v) is 17.7. The molecule has 0 radical (unpaired) electrons. The normalized spacial score (nSPS) is 17.3. The van der Waals surface area contributed by atoms with Crippen molar-refractivity contribution in [2.24, 2.45) is 5.92 Å². The number of nitrogens with one attached hydrogen (secondary N) is 1. The first-order chi connectivity index (χ1) is 13.7. The maximum absolute atomic E-state index is 5.73. The quantitative estimate of drug-likeness (QED) is 0.652. The predicted molar refractivity (Wildman–Crippen MR) is 118 cm³/mol. The van der Waals surface area contributed by atoms with Crippen molar-refractivity contribution in [1.82, 2.24) is 9.80 Å². The molecule has 1 aliphatic rings. The summed E-state index contributed by atoms with van der Waals surface area (Å²) in [6, 6.07) is 11.7. The molecule has 0 saturated carbocycles. The molecule has 1 aliphatic heterocycles. The predicted octanol–water partition coefficient (Wildman–Crippen LogP) is 4.61. The largest absolute Gasteiger partial charge is 0.495 e. The number of hydrogen-bond acceptors (Lipinski definition) is 4. The Bertz CT molecular complexity index is 735. The summed E-state index contributed by atoms with van der Waals surface area (Å²) in [5.41, 5.74) is 0.879. The van der Waals surface area contributed by atoms with Crippen molar-refractivity contribution < 1.29 is 9.15 Å². The highest BCUT2D eigenvalue weighted by molar-refractivity contribution is 7.80. The van der Waals surface area contributed by atoms with Crippen molar-refractivity contribution in [3.8, 4) is 5.75 Å². The molecule has 2 aromatic rings. The zero-order valence-electron chi connectivity index (χ0n) is 16.9. The van der Waals surface area contributed by atoms with Crippen molar-refractivity contribution in [2.45, 2.75) is 32.7 Å². The van der Waals surface area contributed by atoms with Crippen LogP contribution in [-0.2, 0) is 6.54 Å². The zero-order chi connectivity index (χ0) is 19.8. The average Bonchev–Trinajstić information content (AvgIpc) is 3.21. The minimum atomic E-state index is 0.657. The Hall–Kier alpha value is -2.05. The van der Waals surface area contributed by atoms with Gasteiger partial charge < -0.3 is 24.3 Å². The molecule has 28 heavy (non-hydrogen) atoms. The number of nitrogens with zero attached hydrogens (tertiary/aromatic N) is 2. The van der Waals surface area contributed by atoms with Crippen LogP contribution < -0.4 is 10.1 Å². The van der Waals surface area contributed by atoms with Crippen molar-refractivity contribution in [3.05, 3.63) is 48.4 Å². The Morgan fingerprint density at radius 2 is 2.18 bits per heavy atom. The maximum atomic E-state index is 5.73. The van der Waals surface area contributed by atoms with E-state index in [4.69, 9.17) is 21.4 Å². The van der Waals surface area contributed by atoms with Gasteiger partial charge in [-0.3, -0.25) is 0 Å². The summed E-state index contributed by atoms with van der Waals surface area (Å²) in [5, 5.41) is 4.03. The highest BCUT2D eigenvalue weighted by Crippen LogP contribution is 2.24. The van der Waals surface area contributed by atoms with Crippen LogP contribution >= 0.6 is 12.2 Å².